The topological polar surface area (TPSA) is 9.23 Å². The molecule has 1 nitrogen and oxygen atoms in total. The molecule has 70 valence electrons. The molecule has 0 heterocycles. The predicted molar refractivity (Wildman–Crippen MR) is 40.0 cm³/mol. The van der Waals surface area contributed by atoms with Gasteiger partial charge < -0.3 is 4.74 Å². The Morgan fingerprint density at radius 2 is 1.77 bits per heavy atom. The second kappa shape index (κ2) is 2.94. The third-order valence-electron chi connectivity index (χ3n) is 1.82. The SMILES string of the molecule is Fc1ccc(OC2CC2)c(F)c1F. The fourth-order valence-corrected chi connectivity index (χ4v) is 0.965. The van der Waals surface area contributed by atoms with E-state index in [1.807, 2.05) is 0 Å². The van der Waals surface area contributed by atoms with Gasteiger partial charge in [0, 0.05) is 0 Å². The van der Waals surface area contributed by atoms with Gasteiger partial charge in [0.1, 0.15) is 0 Å². The molecule has 0 atom stereocenters. The lowest BCUT2D eigenvalue weighted by Gasteiger charge is -2.05. The molecule has 0 aliphatic heterocycles. The summed E-state index contributed by atoms with van der Waals surface area (Å²) in [7, 11) is 0. The van der Waals surface area contributed by atoms with Crippen molar-refractivity contribution in [3.05, 3.63) is 29.6 Å². The summed E-state index contributed by atoms with van der Waals surface area (Å²) >= 11 is 0. The van der Waals surface area contributed by atoms with Crippen molar-refractivity contribution < 1.29 is 17.9 Å². The lowest BCUT2D eigenvalue weighted by molar-refractivity contribution is 0.279. The highest BCUT2D eigenvalue weighted by Crippen LogP contribution is 2.29. The molecule has 0 N–H and O–H groups in total. The summed E-state index contributed by atoms with van der Waals surface area (Å²) in [5, 5.41) is 0. The number of hydrogen-bond acceptors (Lipinski definition) is 1. The van der Waals surface area contributed by atoms with E-state index >= 15 is 0 Å². The van der Waals surface area contributed by atoms with Gasteiger partial charge in [0.15, 0.2) is 17.4 Å². The van der Waals surface area contributed by atoms with E-state index in [1.54, 1.807) is 0 Å². The Kier molecular flexibility index (Phi) is 1.90. The Bertz CT molecular complexity index is 334. The van der Waals surface area contributed by atoms with Crippen molar-refractivity contribution in [2.45, 2.75) is 18.9 Å². The van der Waals surface area contributed by atoms with Crippen LogP contribution in [0.4, 0.5) is 13.2 Å². The molecule has 0 spiro atoms. The minimum atomic E-state index is -1.47. The lowest BCUT2D eigenvalue weighted by Crippen LogP contribution is -2.01. The van der Waals surface area contributed by atoms with E-state index in [1.165, 1.54) is 0 Å². The first-order valence-electron chi connectivity index (χ1n) is 3.98. The zero-order valence-electron chi connectivity index (χ0n) is 6.69. The van der Waals surface area contributed by atoms with Gasteiger partial charge in [0.2, 0.25) is 5.82 Å². The first kappa shape index (κ1) is 8.41. The molecule has 1 aliphatic carbocycles. The van der Waals surface area contributed by atoms with E-state index < -0.39 is 17.5 Å². The molecule has 0 radical (unpaired) electrons. The van der Waals surface area contributed by atoms with Crippen molar-refractivity contribution in [1.29, 1.82) is 0 Å². The molecular formula is C9H7F3O. The van der Waals surface area contributed by atoms with Crippen LogP contribution in [0.25, 0.3) is 0 Å². The number of ether oxygens (including phenoxy) is 1. The number of benzene rings is 1. The second-order valence-corrected chi connectivity index (χ2v) is 2.99. The Morgan fingerprint density at radius 1 is 1.08 bits per heavy atom. The van der Waals surface area contributed by atoms with Crippen LogP contribution in [-0.4, -0.2) is 6.10 Å². The van der Waals surface area contributed by atoms with E-state index in [-0.39, 0.29) is 11.9 Å². The minimum absolute atomic E-state index is 0.0284. The van der Waals surface area contributed by atoms with Gasteiger partial charge >= 0.3 is 0 Å². The highest BCUT2D eigenvalue weighted by Gasteiger charge is 2.26. The molecule has 2 rings (SSSR count). The van der Waals surface area contributed by atoms with Gasteiger partial charge in [0.25, 0.3) is 0 Å². The second-order valence-electron chi connectivity index (χ2n) is 2.99. The zero-order valence-corrected chi connectivity index (χ0v) is 6.69. The van der Waals surface area contributed by atoms with Crippen LogP contribution >= 0.6 is 0 Å². The van der Waals surface area contributed by atoms with Gasteiger partial charge in [-0.05, 0) is 25.0 Å². The van der Waals surface area contributed by atoms with Crippen molar-refractivity contribution in [2.24, 2.45) is 0 Å². The molecule has 1 aromatic rings. The smallest absolute Gasteiger partial charge is 0.203 e. The molecule has 1 aliphatic rings. The summed E-state index contributed by atoms with van der Waals surface area (Å²) in [6, 6.07) is 1.96. The molecule has 0 saturated heterocycles. The Labute approximate surface area is 73.1 Å². The molecule has 1 aromatic carbocycles. The highest BCUT2D eigenvalue weighted by molar-refractivity contribution is 5.26. The summed E-state index contributed by atoms with van der Waals surface area (Å²) in [6.07, 6.45) is 1.66. The summed E-state index contributed by atoms with van der Waals surface area (Å²) < 4.78 is 43.0. The van der Waals surface area contributed by atoms with Crippen LogP contribution in [0, 0.1) is 17.5 Å². The van der Waals surface area contributed by atoms with E-state index in [2.05, 4.69) is 0 Å². The van der Waals surface area contributed by atoms with Crippen LogP contribution in [0.3, 0.4) is 0 Å². The van der Waals surface area contributed by atoms with Gasteiger partial charge in [-0.2, -0.15) is 4.39 Å². The normalized spacial score (nSPS) is 15.9. The zero-order chi connectivity index (χ0) is 9.42. The van der Waals surface area contributed by atoms with E-state index in [9.17, 15) is 13.2 Å². The molecule has 13 heavy (non-hydrogen) atoms. The van der Waals surface area contributed by atoms with Crippen molar-refractivity contribution >= 4 is 0 Å². The third kappa shape index (κ3) is 1.61. The summed E-state index contributed by atoms with van der Waals surface area (Å²) in [4.78, 5) is 0. The van der Waals surface area contributed by atoms with Crippen LogP contribution in [0.2, 0.25) is 0 Å². The summed E-state index contributed by atoms with van der Waals surface area (Å²) in [5.74, 6) is -4.12. The molecule has 0 unspecified atom stereocenters. The first-order valence-corrected chi connectivity index (χ1v) is 3.98. The number of rotatable bonds is 2. The highest BCUT2D eigenvalue weighted by atomic mass is 19.2. The monoisotopic (exact) mass is 188 g/mol. The van der Waals surface area contributed by atoms with Gasteiger partial charge in [0.05, 0.1) is 6.10 Å². The first-order chi connectivity index (χ1) is 6.18. The van der Waals surface area contributed by atoms with Crippen LogP contribution in [0.15, 0.2) is 12.1 Å². The minimum Gasteiger partial charge on any atom is -0.487 e. The fraction of sp³-hybridized carbons (Fsp3) is 0.333. The van der Waals surface area contributed by atoms with E-state index in [4.69, 9.17) is 4.74 Å². The van der Waals surface area contributed by atoms with Crippen LogP contribution < -0.4 is 4.74 Å². The van der Waals surface area contributed by atoms with Crippen LogP contribution in [0.1, 0.15) is 12.8 Å². The molecule has 4 heteroatoms. The quantitative estimate of drug-likeness (QED) is 0.648. The summed E-state index contributed by atoms with van der Waals surface area (Å²) in [5.41, 5.74) is 0. The van der Waals surface area contributed by atoms with Crippen molar-refractivity contribution in [2.75, 3.05) is 0 Å². The van der Waals surface area contributed by atoms with Crippen LogP contribution in [-0.2, 0) is 0 Å². The van der Waals surface area contributed by atoms with Gasteiger partial charge in [-0.25, -0.2) is 8.78 Å². The Balaban J connectivity index is 2.29. The Morgan fingerprint density at radius 3 is 2.38 bits per heavy atom. The van der Waals surface area contributed by atoms with E-state index in [0.717, 1.165) is 25.0 Å². The standard InChI is InChI=1S/C9H7F3O/c10-6-3-4-7(9(12)8(6)11)13-5-1-2-5/h3-5H,1-2H2. The lowest BCUT2D eigenvalue weighted by atomic mass is 10.3. The van der Waals surface area contributed by atoms with Crippen molar-refractivity contribution in [1.82, 2.24) is 0 Å². The number of halogens is 3. The largest absolute Gasteiger partial charge is 0.487 e. The predicted octanol–water partition coefficient (Wildman–Crippen LogP) is 2.65. The Hall–Kier alpha value is -1.19. The molecule has 0 aromatic heterocycles. The van der Waals surface area contributed by atoms with Gasteiger partial charge in [-0.15, -0.1) is 0 Å². The average molecular weight is 188 g/mol. The van der Waals surface area contributed by atoms with Gasteiger partial charge in [-0.1, -0.05) is 0 Å². The van der Waals surface area contributed by atoms with Crippen molar-refractivity contribution in [3.63, 3.8) is 0 Å². The molecular weight excluding hydrogens is 181 g/mol. The average Bonchev–Trinajstić information content (AvgIpc) is 2.90. The summed E-state index contributed by atoms with van der Waals surface area (Å²) in [6.45, 7) is 0. The van der Waals surface area contributed by atoms with E-state index in [0.29, 0.717) is 0 Å². The van der Waals surface area contributed by atoms with Gasteiger partial charge in [-0.3, -0.25) is 0 Å². The maximum Gasteiger partial charge on any atom is 0.203 e. The van der Waals surface area contributed by atoms with Crippen LogP contribution in [0.5, 0.6) is 5.75 Å². The molecule has 0 bridgehead atoms. The van der Waals surface area contributed by atoms with Crippen molar-refractivity contribution in [3.8, 4) is 5.75 Å². The maximum atomic E-state index is 12.9. The molecule has 1 fully saturated rings. The molecule has 1 saturated carbocycles. The number of hydrogen-bond donors (Lipinski definition) is 0. The molecule has 0 amide bonds. The fourth-order valence-electron chi connectivity index (χ4n) is 0.965. The maximum absolute atomic E-state index is 12.9. The third-order valence-corrected chi connectivity index (χ3v) is 1.82.